The Hall–Kier alpha value is -3.08. The lowest BCUT2D eigenvalue weighted by atomic mass is 10.0. The number of likely N-dealkylation sites (tertiary alicyclic amines) is 1. The van der Waals surface area contributed by atoms with E-state index in [2.05, 4.69) is 0 Å². The quantitative estimate of drug-likeness (QED) is 0.591. The van der Waals surface area contributed by atoms with Crippen LogP contribution in [-0.2, 0) is 9.59 Å². The first-order valence-corrected chi connectivity index (χ1v) is 8.41. The van der Waals surface area contributed by atoms with Gasteiger partial charge in [0, 0.05) is 24.0 Å². The summed E-state index contributed by atoms with van der Waals surface area (Å²) in [6, 6.07) is 17.5. The Morgan fingerprint density at radius 2 is 1.80 bits per heavy atom. The number of nitrogens with two attached hydrogens (primary N) is 1. The van der Waals surface area contributed by atoms with Gasteiger partial charge in [0.15, 0.2) is 0 Å². The summed E-state index contributed by atoms with van der Waals surface area (Å²) in [6.07, 6.45) is 0.204. The summed E-state index contributed by atoms with van der Waals surface area (Å²) >= 11 is 0. The zero-order chi connectivity index (χ0) is 17.6. The lowest BCUT2D eigenvalue weighted by molar-refractivity contribution is -0.138. The lowest BCUT2D eigenvalue weighted by Gasteiger charge is -2.17. The van der Waals surface area contributed by atoms with Crippen molar-refractivity contribution in [2.45, 2.75) is 19.3 Å². The van der Waals surface area contributed by atoms with E-state index in [1.54, 1.807) is 0 Å². The smallest absolute Gasteiger partial charge is 0.238 e. The maximum atomic E-state index is 12.8. The highest BCUT2D eigenvalue weighted by atomic mass is 16.2. The Kier molecular flexibility index (Phi) is 3.57. The molecule has 1 unspecified atom stereocenters. The van der Waals surface area contributed by atoms with Crippen LogP contribution in [0.25, 0.3) is 16.6 Å². The summed E-state index contributed by atoms with van der Waals surface area (Å²) in [6.45, 7) is 2.23. The predicted molar refractivity (Wildman–Crippen MR) is 97.4 cm³/mol. The first kappa shape index (κ1) is 15.4. The molecule has 0 spiro atoms. The number of aromatic nitrogens is 1. The van der Waals surface area contributed by atoms with E-state index in [4.69, 9.17) is 5.73 Å². The van der Waals surface area contributed by atoms with E-state index in [9.17, 15) is 9.59 Å². The third kappa shape index (κ3) is 2.31. The Balaban J connectivity index is 1.96. The third-order valence-corrected chi connectivity index (χ3v) is 4.83. The normalized spacial score (nSPS) is 17.6. The lowest BCUT2D eigenvalue weighted by Crippen LogP contribution is -2.30. The van der Waals surface area contributed by atoms with Gasteiger partial charge in [-0.3, -0.25) is 14.5 Å². The Morgan fingerprint density at radius 1 is 1.08 bits per heavy atom. The summed E-state index contributed by atoms with van der Waals surface area (Å²) in [5.74, 6) is -0.721. The van der Waals surface area contributed by atoms with Gasteiger partial charge in [0.1, 0.15) is 0 Å². The number of benzene rings is 2. The number of amides is 2. The van der Waals surface area contributed by atoms with Gasteiger partial charge in [0.25, 0.3) is 0 Å². The standard InChI is InChI=1S/C20H19N3O2/c1-2-22-19(24)12-14(20(22)25)18-11-13-7-3-5-9-16(13)23(18)17-10-6-4-8-15(17)21/h3-11,14H,2,12,21H2,1H3. The highest BCUT2D eigenvalue weighted by Crippen LogP contribution is 2.36. The molecule has 0 saturated carbocycles. The van der Waals surface area contributed by atoms with Crippen molar-refractivity contribution >= 4 is 28.4 Å². The second-order valence-corrected chi connectivity index (χ2v) is 6.26. The number of hydrogen-bond donors (Lipinski definition) is 1. The molecule has 126 valence electrons. The minimum Gasteiger partial charge on any atom is -0.397 e. The monoisotopic (exact) mass is 333 g/mol. The number of nitrogens with zero attached hydrogens (tertiary/aromatic N) is 2. The molecule has 1 aromatic heterocycles. The van der Waals surface area contributed by atoms with E-state index >= 15 is 0 Å². The molecule has 0 aliphatic carbocycles. The molecule has 2 N–H and O–H groups in total. The molecule has 5 nitrogen and oxygen atoms in total. The van der Waals surface area contributed by atoms with Gasteiger partial charge in [-0.2, -0.15) is 0 Å². The van der Waals surface area contributed by atoms with Gasteiger partial charge in [-0.05, 0) is 31.2 Å². The van der Waals surface area contributed by atoms with Crippen LogP contribution in [0.5, 0.6) is 0 Å². The van der Waals surface area contributed by atoms with Crippen molar-refractivity contribution in [3.63, 3.8) is 0 Å². The average Bonchev–Trinajstić information content (AvgIpc) is 3.12. The number of carbonyl (C=O) groups excluding carboxylic acids is 2. The van der Waals surface area contributed by atoms with E-state index in [1.165, 1.54) is 4.90 Å². The van der Waals surface area contributed by atoms with Gasteiger partial charge in [-0.15, -0.1) is 0 Å². The molecule has 1 fully saturated rings. The molecule has 2 amide bonds. The first-order valence-electron chi connectivity index (χ1n) is 8.41. The summed E-state index contributed by atoms with van der Waals surface area (Å²) in [5, 5.41) is 1.02. The summed E-state index contributed by atoms with van der Waals surface area (Å²) < 4.78 is 2.01. The van der Waals surface area contributed by atoms with Crippen LogP contribution in [0.15, 0.2) is 54.6 Å². The molecule has 1 saturated heterocycles. The Labute approximate surface area is 145 Å². The molecular weight excluding hydrogens is 314 g/mol. The van der Waals surface area contributed by atoms with Gasteiger partial charge in [-0.1, -0.05) is 30.3 Å². The summed E-state index contributed by atoms with van der Waals surface area (Å²) in [4.78, 5) is 26.3. The molecule has 4 rings (SSSR count). The molecule has 3 aromatic rings. The van der Waals surface area contributed by atoms with E-state index in [1.807, 2.05) is 66.1 Å². The van der Waals surface area contributed by atoms with Crippen LogP contribution in [-0.4, -0.2) is 27.8 Å². The van der Waals surface area contributed by atoms with Crippen LogP contribution >= 0.6 is 0 Å². The molecule has 5 heteroatoms. The van der Waals surface area contributed by atoms with Gasteiger partial charge < -0.3 is 10.3 Å². The third-order valence-electron chi connectivity index (χ3n) is 4.83. The second kappa shape index (κ2) is 5.77. The SMILES string of the molecule is CCN1C(=O)CC(c2cc3ccccc3n2-c2ccccc2N)C1=O. The number of hydrogen-bond acceptors (Lipinski definition) is 3. The second-order valence-electron chi connectivity index (χ2n) is 6.26. The number of likely N-dealkylation sites (N-methyl/N-ethyl adjacent to an activating group) is 1. The number of imide groups is 1. The molecule has 0 bridgehead atoms. The van der Waals surface area contributed by atoms with Crippen molar-refractivity contribution in [1.82, 2.24) is 9.47 Å². The van der Waals surface area contributed by atoms with Crippen molar-refractivity contribution in [3.8, 4) is 5.69 Å². The van der Waals surface area contributed by atoms with E-state index in [0.29, 0.717) is 12.2 Å². The predicted octanol–water partition coefficient (Wildman–Crippen LogP) is 3.08. The van der Waals surface area contributed by atoms with Crippen LogP contribution in [0.1, 0.15) is 25.0 Å². The minimum atomic E-state index is -0.473. The summed E-state index contributed by atoms with van der Waals surface area (Å²) in [7, 11) is 0. The number of carbonyl (C=O) groups is 2. The fraction of sp³-hybridized carbons (Fsp3) is 0.200. The van der Waals surface area contributed by atoms with Gasteiger partial charge in [-0.25, -0.2) is 0 Å². The largest absolute Gasteiger partial charge is 0.397 e. The summed E-state index contributed by atoms with van der Waals surface area (Å²) in [5.41, 5.74) is 9.45. The zero-order valence-corrected chi connectivity index (χ0v) is 14.0. The minimum absolute atomic E-state index is 0.115. The Morgan fingerprint density at radius 3 is 2.52 bits per heavy atom. The van der Waals surface area contributed by atoms with Crippen molar-refractivity contribution in [1.29, 1.82) is 0 Å². The fourth-order valence-electron chi connectivity index (χ4n) is 3.64. The molecule has 25 heavy (non-hydrogen) atoms. The molecular formula is C20H19N3O2. The highest BCUT2D eigenvalue weighted by molar-refractivity contribution is 6.06. The van der Waals surface area contributed by atoms with Crippen molar-refractivity contribution in [2.75, 3.05) is 12.3 Å². The number of nitrogen functional groups attached to an aromatic ring is 1. The van der Waals surface area contributed by atoms with E-state index < -0.39 is 5.92 Å². The number of anilines is 1. The zero-order valence-electron chi connectivity index (χ0n) is 14.0. The molecule has 1 atom stereocenters. The first-order chi connectivity index (χ1) is 12.1. The van der Waals surface area contributed by atoms with Crippen molar-refractivity contribution in [2.24, 2.45) is 0 Å². The van der Waals surface area contributed by atoms with Crippen molar-refractivity contribution in [3.05, 3.63) is 60.3 Å². The number of fused-ring (bicyclic) bond motifs is 1. The van der Waals surface area contributed by atoms with Crippen LogP contribution in [0.4, 0.5) is 5.69 Å². The molecule has 2 heterocycles. The van der Waals surface area contributed by atoms with E-state index in [-0.39, 0.29) is 18.2 Å². The van der Waals surface area contributed by atoms with Crippen LogP contribution in [0.2, 0.25) is 0 Å². The van der Waals surface area contributed by atoms with Gasteiger partial charge in [0.05, 0.1) is 22.8 Å². The van der Waals surface area contributed by atoms with Gasteiger partial charge in [0.2, 0.25) is 11.8 Å². The highest BCUT2D eigenvalue weighted by Gasteiger charge is 2.40. The Bertz CT molecular complexity index is 990. The number of rotatable bonds is 3. The van der Waals surface area contributed by atoms with E-state index in [0.717, 1.165) is 22.3 Å². The van der Waals surface area contributed by atoms with Crippen LogP contribution < -0.4 is 5.73 Å². The topological polar surface area (TPSA) is 68.3 Å². The molecule has 1 aliphatic rings. The molecule has 0 radical (unpaired) electrons. The maximum Gasteiger partial charge on any atom is 0.238 e. The molecule has 2 aromatic carbocycles. The number of para-hydroxylation sites is 3. The van der Waals surface area contributed by atoms with Gasteiger partial charge >= 0.3 is 0 Å². The average molecular weight is 333 g/mol. The molecule has 1 aliphatic heterocycles. The maximum absolute atomic E-state index is 12.8. The fourth-order valence-corrected chi connectivity index (χ4v) is 3.64. The van der Waals surface area contributed by atoms with Crippen LogP contribution in [0, 0.1) is 0 Å². The van der Waals surface area contributed by atoms with Crippen LogP contribution in [0.3, 0.4) is 0 Å². The van der Waals surface area contributed by atoms with Crippen molar-refractivity contribution < 1.29 is 9.59 Å².